The van der Waals surface area contributed by atoms with Gasteiger partial charge in [0, 0.05) is 24.7 Å². The maximum absolute atomic E-state index is 12.7. The van der Waals surface area contributed by atoms with Crippen LogP contribution in [0.4, 0.5) is 0 Å². The van der Waals surface area contributed by atoms with Crippen molar-refractivity contribution in [1.82, 2.24) is 9.80 Å². The van der Waals surface area contributed by atoms with Crippen LogP contribution in [0.25, 0.3) is 0 Å². The van der Waals surface area contributed by atoms with Crippen LogP contribution in [0.3, 0.4) is 0 Å². The van der Waals surface area contributed by atoms with Crippen molar-refractivity contribution in [2.75, 3.05) is 20.6 Å². The van der Waals surface area contributed by atoms with Crippen molar-refractivity contribution in [3.05, 3.63) is 35.4 Å². The minimum atomic E-state index is -0.358. The van der Waals surface area contributed by atoms with Gasteiger partial charge in [0.15, 0.2) is 0 Å². The molecule has 0 aliphatic carbocycles. The van der Waals surface area contributed by atoms with Gasteiger partial charge < -0.3 is 14.9 Å². The maximum Gasteiger partial charge on any atom is 0.254 e. The van der Waals surface area contributed by atoms with Gasteiger partial charge in [0.2, 0.25) is 0 Å². The number of carbonyl (C=O) groups is 1. The lowest BCUT2D eigenvalue weighted by Crippen LogP contribution is -2.37. The molecule has 1 aromatic rings. The van der Waals surface area contributed by atoms with Crippen LogP contribution < -0.4 is 0 Å². The van der Waals surface area contributed by atoms with Gasteiger partial charge >= 0.3 is 0 Å². The molecule has 4 nitrogen and oxygen atoms in total. The van der Waals surface area contributed by atoms with E-state index in [2.05, 4.69) is 4.90 Å². The summed E-state index contributed by atoms with van der Waals surface area (Å²) in [4.78, 5) is 16.7. The van der Waals surface area contributed by atoms with Crippen LogP contribution in [0.15, 0.2) is 24.3 Å². The second-order valence-electron chi connectivity index (χ2n) is 6.32. The van der Waals surface area contributed by atoms with Gasteiger partial charge in [-0.25, -0.2) is 0 Å². The standard InChI is InChI=1S/C17H26N2O2/c1-13(20)10-16-8-5-9-19(16)17(21)15-7-4-6-14(11-15)12-18(2)3/h4,6-7,11,13,16,20H,5,8-10,12H2,1-3H3. The van der Waals surface area contributed by atoms with Crippen LogP contribution in [-0.2, 0) is 6.54 Å². The van der Waals surface area contributed by atoms with Crippen molar-refractivity contribution >= 4 is 5.91 Å². The third-order valence-electron chi connectivity index (χ3n) is 3.92. The van der Waals surface area contributed by atoms with E-state index in [1.807, 2.05) is 43.3 Å². The molecule has 1 fully saturated rings. The van der Waals surface area contributed by atoms with Gasteiger partial charge in [-0.1, -0.05) is 12.1 Å². The fraction of sp³-hybridized carbons (Fsp3) is 0.588. The maximum atomic E-state index is 12.7. The molecule has 2 unspecified atom stereocenters. The van der Waals surface area contributed by atoms with Crippen molar-refractivity contribution in [2.24, 2.45) is 0 Å². The molecule has 0 aromatic heterocycles. The van der Waals surface area contributed by atoms with Gasteiger partial charge in [-0.05, 0) is 58.0 Å². The number of aliphatic hydroxyl groups excluding tert-OH is 1. The number of rotatable bonds is 5. The number of amides is 1. The molecular weight excluding hydrogens is 264 g/mol. The Kier molecular flexibility index (Phi) is 5.37. The topological polar surface area (TPSA) is 43.8 Å². The highest BCUT2D eigenvalue weighted by molar-refractivity contribution is 5.94. The third-order valence-corrected chi connectivity index (χ3v) is 3.92. The monoisotopic (exact) mass is 290 g/mol. The van der Waals surface area contributed by atoms with Crippen LogP contribution in [0, 0.1) is 0 Å². The van der Waals surface area contributed by atoms with Gasteiger partial charge in [0.25, 0.3) is 5.91 Å². The van der Waals surface area contributed by atoms with E-state index in [1.165, 1.54) is 0 Å². The van der Waals surface area contributed by atoms with Crippen molar-refractivity contribution in [1.29, 1.82) is 0 Å². The molecule has 0 radical (unpaired) electrons. The molecule has 1 N–H and O–H groups in total. The lowest BCUT2D eigenvalue weighted by atomic mass is 10.1. The zero-order valence-electron chi connectivity index (χ0n) is 13.2. The Morgan fingerprint density at radius 3 is 2.90 bits per heavy atom. The number of hydrogen-bond acceptors (Lipinski definition) is 3. The molecule has 1 aromatic carbocycles. The minimum Gasteiger partial charge on any atom is -0.393 e. The Hall–Kier alpha value is -1.39. The number of likely N-dealkylation sites (tertiary alicyclic amines) is 1. The number of benzene rings is 1. The summed E-state index contributed by atoms with van der Waals surface area (Å²) in [7, 11) is 4.04. The first kappa shape index (κ1) is 16.0. The second-order valence-corrected chi connectivity index (χ2v) is 6.32. The quantitative estimate of drug-likeness (QED) is 0.903. The summed E-state index contributed by atoms with van der Waals surface area (Å²) in [6, 6.07) is 8.05. The lowest BCUT2D eigenvalue weighted by Gasteiger charge is -2.26. The number of hydrogen-bond donors (Lipinski definition) is 1. The number of aliphatic hydroxyl groups is 1. The molecule has 0 bridgehead atoms. The molecule has 0 spiro atoms. The molecular formula is C17H26N2O2. The highest BCUT2D eigenvalue weighted by Crippen LogP contribution is 2.24. The van der Waals surface area contributed by atoms with Crippen LogP contribution in [0.2, 0.25) is 0 Å². The summed E-state index contributed by atoms with van der Waals surface area (Å²) in [5, 5.41) is 9.58. The second kappa shape index (κ2) is 7.05. The molecule has 1 amide bonds. The summed E-state index contributed by atoms with van der Waals surface area (Å²) in [6.07, 6.45) is 2.33. The Morgan fingerprint density at radius 1 is 1.48 bits per heavy atom. The Labute approximate surface area is 127 Å². The van der Waals surface area contributed by atoms with Crippen LogP contribution in [-0.4, -0.2) is 53.6 Å². The van der Waals surface area contributed by atoms with E-state index >= 15 is 0 Å². The predicted octanol–water partition coefficient (Wildman–Crippen LogP) is 2.12. The highest BCUT2D eigenvalue weighted by atomic mass is 16.3. The van der Waals surface area contributed by atoms with Gasteiger partial charge in [0.05, 0.1) is 6.10 Å². The first-order valence-corrected chi connectivity index (χ1v) is 7.70. The zero-order valence-corrected chi connectivity index (χ0v) is 13.2. The third kappa shape index (κ3) is 4.29. The van der Waals surface area contributed by atoms with Crippen LogP contribution >= 0.6 is 0 Å². The van der Waals surface area contributed by atoms with E-state index in [0.29, 0.717) is 6.42 Å². The Bertz CT molecular complexity index is 485. The minimum absolute atomic E-state index is 0.0961. The molecule has 2 atom stereocenters. The van der Waals surface area contributed by atoms with Crippen LogP contribution in [0.1, 0.15) is 42.1 Å². The fourth-order valence-electron chi connectivity index (χ4n) is 3.08. The van der Waals surface area contributed by atoms with E-state index in [4.69, 9.17) is 0 Å². The summed E-state index contributed by atoms with van der Waals surface area (Å²) >= 11 is 0. The highest BCUT2D eigenvalue weighted by Gasteiger charge is 2.30. The van der Waals surface area contributed by atoms with E-state index in [9.17, 15) is 9.90 Å². The molecule has 1 aliphatic rings. The van der Waals surface area contributed by atoms with Crippen molar-refractivity contribution in [3.8, 4) is 0 Å². The molecule has 1 aliphatic heterocycles. The number of carbonyl (C=O) groups excluding carboxylic acids is 1. The molecule has 2 rings (SSSR count). The van der Waals surface area contributed by atoms with E-state index in [0.717, 1.165) is 37.1 Å². The van der Waals surface area contributed by atoms with Gasteiger partial charge in [0.1, 0.15) is 0 Å². The average molecular weight is 290 g/mol. The molecule has 21 heavy (non-hydrogen) atoms. The van der Waals surface area contributed by atoms with Crippen molar-refractivity contribution in [2.45, 2.75) is 44.9 Å². The molecule has 116 valence electrons. The first-order valence-electron chi connectivity index (χ1n) is 7.70. The van der Waals surface area contributed by atoms with E-state index < -0.39 is 0 Å². The largest absolute Gasteiger partial charge is 0.393 e. The SMILES string of the molecule is CC(O)CC1CCCN1C(=O)c1cccc(CN(C)C)c1. The normalized spacial score (nSPS) is 20.0. The van der Waals surface area contributed by atoms with Gasteiger partial charge in [-0.2, -0.15) is 0 Å². The van der Waals surface area contributed by atoms with Gasteiger partial charge in [-0.15, -0.1) is 0 Å². The van der Waals surface area contributed by atoms with Crippen molar-refractivity contribution < 1.29 is 9.90 Å². The first-order chi connectivity index (χ1) is 9.97. The Balaban J connectivity index is 2.11. The summed E-state index contributed by atoms with van der Waals surface area (Å²) in [6.45, 7) is 3.42. The summed E-state index contributed by atoms with van der Waals surface area (Å²) in [5.41, 5.74) is 1.91. The van der Waals surface area contributed by atoms with Crippen LogP contribution in [0.5, 0.6) is 0 Å². The lowest BCUT2D eigenvalue weighted by molar-refractivity contribution is 0.0682. The predicted molar refractivity (Wildman–Crippen MR) is 84.2 cm³/mol. The fourth-order valence-corrected chi connectivity index (χ4v) is 3.08. The Morgan fingerprint density at radius 2 is 2.24 bits per heavy atom. The smallest absolute Gasteiger partial charge is 0.254 e. The van der Waals surface area contributed by atoms with Gasteiger partial charge in [-0.3, -0.25) is 4.79 Å². The average Bonchev–Trinajstić information content (AvgIpc) is 2.84. The summed E-state index contributed by atoms with van der Waals surface area (Å²) in [5.74, 6) is 0.0961. The molecule has 0 saturated carbocycles. The zero-order chi connectivity index (χ0) is 15.4. The summed E-state index contributed by atoms with van der Waals surface area (Å²) < 4.78 is 0. The van der Waals surface area contributed by atoms with Crippen molar-refractivity contribution in [3.63, 3.8) is 0 Å². The van der Waals surface area contributed by atoms with E-state index in [-0.39, 0.29) is 18.1 Å². The molecule has 1 saturated heterocycles. The molecule has 1 heterocycles. The molecule has 4 heteroatoms. The van der Waals surface area contributed by atoms with E-state index in [1.54, 1.807) is 6.92 Å². The number of nitrogens with zero attached hydrogens (tertiary/aromatic N) is 2.